The zero-order valence-corrected chi connectivity index (χ0v) is 23.9. The van der Waals surface area contributed by atoms with Gasteiger partial charge in [0.15, 0.2) is 0 Å². The maximum Gasteiger partial charge on any atom is 0.318 e. The van der Waals surface area contributed by atoms with Gasteiger partial charge in [-0.1, -0.05) is 12.6 Å². The average Bonchev–Trinajstić information content (AvgIpc) is 3.47. The number of amides is 1. The number of anilines is 2. The van der Waals surface area contributed by atoms with Crippen molar-refractivity contribution in [3.63, 3.8) is 0 Å². The van der Waals surface area contributed by atoms with Crippen LogP contribution in [0, 0.1) is 6.92 Å². The van der Waals surface area contributed by atoms with Crippen LogP contribution >= 0.6 is 0 Å². The van der Waals surface area contributed by atoms with Gasteiger partial charge in [-0.3, -0.25) is 14.8 Å². The summed E-state index contributed by atoms with van der Waals surface area (Å²) in [6.07, 6.45) is 5.45. The van der Waals surface area contributed by atoms with Crippen molar-refractivity contribution < 1.29 is 14.3 Å². The van der Waals surface area contributed by atoms with Gasteiger partial charge in [0.25, 0.3) is 0 Å². The fourth-order valence-corrected chi connectivity index (χ4v) is 6.75. The van der Waals surface area contributed by atoms with Crippen molar-refractivity contribution in [3.8, 4) is 6.01 Å². The molecule has 3 aromatic rings. The highest BCUT2D eigenvalue weighted by Gasteiger charge is 2.57. The third kappa shape index (κ3) is 4.51. The second-order valence-electron chi connectivity index (χ2n) is 11.8. The van der Waals surface area contributed by atoms with Crippen molar-refractivity contribution in [1.82, 2.24) is 30.0 Å². The molecule has 0 radical (unpaired) electrons. The maximum absolute atomic E-state index is 12.2. The SMILES string of the molecule is C=CC(=O)N1CCN(c2nc(OCCCN3C[C@H]4OCC43C)nc3c2CCN(c2c(C)ccc4[nH]ncc24)C3)CC1. The number of fused-ring (bicyclic) bond motifs is 3. The number of morpholine rings is 1. The maximum atomic E-state index is 12.2. The van der Waals surface area contributed by atoms with Crippen LogP contribution in [0.4, 0.5) is 11.5 Å². The topological polar surface area (TPSA) is 103 Å². The zero-order chi connectivity index (χ0) is 28.1. The van der Waals surface area contributed by atoms with E-state index in [-0.39, 0.29) is 11.4 Å². The van der Waals surface area contributed by atoms with Crippen LogP contribution in [0.2, 0.25) is 0 Å². The number of nitrogens with one attached hydrogen (secondary N) is 1. The predicted octanol–water partition coefficient (Wildman–Crippen LogP) is 2.30. The molecule has 3 saturated heterocycles. The molecule has 11 heteroatoms. The first-order valence-electron chi connectivity index (χ1n) is 14.7. The standard InChI is InChI=1S/C30H38N8O3/c1-4-26(39)35-11-13-36(14-12-35)28-21-8-10-37(27-20(2)6-7-23-22(27)16-31-34-23)17-24(21)32-29(33-28)40-15-5-9-38-18-25-30(38,3)19-41-25/h4,6-7,16,25H,1,5,8-15,17-19H2,2-3H3,(H,31,34)/t25-,30?/m1/s1. The second-order valence-corrected chi connectivity index (χ2v) is 11.8. The Bertz CT molecular complexity index is 1480. The van der Waals surface area contributed by atoms with Crippen LogP contribution in [-0.2, 0) is 22.5 Å². The number of carbonyl (C=O) groups is 1. The van der Waals surface area contributed by atoms with E-state index in [0.29, 0.717) is 38.4 Å². The number of likely N-dealkylation sites (tertiary alicyclic amines) is 1. The van der Waals surface area contributed by atoms with Crippen LogP contribution in [0.5, 0.6) is 6.01 Å². The van der Waals surface area contributed by atoms with Gasteiger partial charge in [0, 0.05) is 56.8 Å². The van der Waals surface area contributed by atoms with Crippen molar-refractivity contribution in [2.75, 3.05) is 68.8 Å². The molecule has 0 bridgehead atoms. The highest BCUT2D eigenvalue weighted by molar-refractivity contribution is 5.93. The van der Waals surface area contributed by atoms with E-state index >= 15 is 0 Å². The van der Waals surface area contributed by atoms with Gasteiger partial charge in [0.05, 0.1) is 54.5 Å². The summed E-state index contributed by atoms with van der Waals surface area (Å²) in [5.41, 5.74) is 5.84. The molecular weight excluding hydrogens is 520 g/mol. The van der Waals surface area contributed by atoms with E-state index < -0.39 is 0 Å². The number of aryl methyl sites for hydroxylation is 1. The molecule has 2 aromatic heterocycles. The molecule has 2 atom stereocenters. The number of benzene rings is 1. The van der Waals surface area contributed by atoms with Gasteiger partial charge in [-0.15, -0.1) is 0 Å². The molecule has 11 nitrogen and oxygen atoms in total. The highest BCUT2D eigenvalue weighted by atomic mass is 16.5. The fraction of sp³-hybridized carbons (Fsp3) is 0.533. The molecule has 0 aliphatic carbocycles. The first kappa shape index (κ1) is 26.2. The largest absolute Gasteiger partial charge is 0.463 e. The molecule has 1 amide bonds. The number of aromatic nitrogens is 4. The van der Waals surface area contributed by atoms with Crippen molar-refractivity contribution in [2.24, 2.45) is 0 Å². The zero-order valence-electron chi connectivity index (χ0n) is 23.9. The lowest BCUT2D eigenvalue weighted by Crippen LogP contribution is -2.79. The van der Waals surface area contributed by atoms with Crippen molar-refractivity contribution in [1.29, 1.82) is 0 Å². The molecule has 7 rings (SSSR count). The number of hydrogen-bond acceptors (Lipinski definition) is 9. The van der Waals surface area contributed by atoms with Gasteiger partial charge in [-0.05, 0) is 44.4 Å². The summed E-state index contributed by atoms with van der Waals surface area (Å²) in [5.74, 6) is 0.923. The van der Waals surface area contributed by atoms with Crippen LogP contribution in [-0.4, -0.2) is 107 Å². The summed E-state index contributed by atoms with van der Waals surface area (Å²) in [6.45, 7) is 15.7. The van der Waals surface area contributed by atoms with Gasteiger partial charge in [-0.25, -0.2) is 0 Å². The predicted molar refractivity (Wildman–Crippen MR) is 156 cm³/mol. The molecule has 4 aliphatic heterocycles. The Kier molecular flexibility index (Phi) is 6.58. The van der Waals surface area contributed by atoms with Crippen molar-refractivity contribution in [2.45, 2.75) is 44.9 Å². The van der Waals surface area contributed by atoms with E-state index in [1.54, 1.807) is 0 Å². The quantitative estimate of drug-likeness (QED) is 0.330. The highest BCUT2D eigenvalue weighted by Crippen LogP contribution is 2.41. The van der Waals surface area contributed by atoms with E-state index in [0.717, 1.165) is 74.6 Å². The molecule has 4 aliphatic rings. The van der Waals surface area contributed by atoms with Crippen LogP contribution in [0.25, 0.3) is 10.9 Å². The molecular formula is C30H38N8O3. The van der Waals surface area contributed by atoms with E-state index in [4.69, 9.17) is 19.4 Å². The van der Waals surface area contributed by atoms with Gasteiger partial charge in [0.2, 0.25) is 5.91 Å². The summed E-state index contributed by atoms with van der Waals surface area (Å²) in [5, 5.41) is 8.52. The summed E-state index contributed by atoms with van der Waals surface area (Å²) in [7, 11) is 0. The summed E-state index contributed by atoms with van der Waals surface area (Å²) >= 11 is 0. The molecule has 1 unspecified atom stereocenters. The summed E-state index contributed by atoms with van der Waals surface area (Å²) in [6, 6.07) is 4.66. The fourth-order valence-electron chi connectivity index (χ4n) is 6.75. The van der Waals surface area contributed by atoms with Gasteiger partial charge in [0.1, 0.15) is 5.82 Å². The van der Waals surface area contributed by atoms with E-state index in [9.17, 15) is 4.79 Å². The number of piperazine rings is 1. The van der Waals surface area contributed by atoms with E-state index in [1.165, 1.54) is 22.9 Å². The van der Waals surface area contributed by atoms with E-state index in [1.807, 2.05) is 11.1 Å². The van der Waals surface area contributed by atoms with Gasteiger partial charge in [-0.2, -0.15) is 15.1 Å². The molecule has 0 saturated carbocycles. The Morgan fingerprint density at radius 3 is 2.80 bits per heavy atom. The normalized spacial score (nSPS) is 24.0. The molecule has 1 aromatic carbocycles. The number of hydrogen-bond donors (Lipinski definition) is 1. The number of rotatable bonds is 8. The van der Waals surface area contributed by atoms with Crippen molar-refractivity contribution in [3.05, 3.63) is 47.8 Å². The average molecular weight is 559 g/mol. The van der Waals surface area contributed by atoms with Gasteiger partial charge >= 0.3 is 6.01 Å². The number of H-pyrrole nitrogens is 1. The minimum absolute atomic E-state index is 0.0198. The monoisotopic (exact) mass is 558 g/mol. The smallest absolute Gasteiger partial charge is 0.318 e. The second kappa shape index (κ2) is 10.3. The molecule has 0 spiro atoms. The van der Waals surface area contributed by atoms with Gasteiger partial charge < -0.3 is 24.2 Å². The summed E-state index contributed by atoms with van der Waals surface area (Å²) in [4.78, 5) is 31.1. The van der Waals surface area contributed by atoms with Crippen LogP contribution in [0.1, 0.15) is 30.2 Å². The van der Waals surface area contributed by atoms with Crippen LogP contribution in [0.3, 0.4) is 0 Å². The lowest BCUT2D eigenvalue weighted by Gasteiger charge is -2.63. The molecule has 6 heterocycles. The Morgan fingerprint density at radius 1 is 1.22 bits per heavy atom. The van der Waals surface area contributed by atoms with Crippen LogP contribution in [0.15, 0.2) is 31.0 Å². The number of ether oxygens (including phenoxy) is 2. The number of nitrogens with zero attached hydrogens (tertiary/aromatic N) is 7. The van der Waals surface area contributed by atoms with Crippen LogP contribution < -0.4 is 14.5 Å². The Morgan fingerprint density at radius 2 is 2.07 bits per heavy atom. The molecule has 1 N–H and O–H groups in total. The first-order chi connectivity index (χ1) is 19.9. The molecule has 216 valence electrons. The lowest BCUT2D eigenvalue weighted by atomic mass is 9.79. The number of aromatic amines is 1. The van der Waals surface area contributed by atoms with Crippen molar-refractivity contribution >= 4 is 28.3 Å². The number of carbonyl (C=O) groups excluding carboxylic acids is 1. The van der Waals surface area contributed by atoms with E-state index in [2.05, 4.69) is 57.5 Å². The third-order valence-corrected chi connectivity index (χ3v) is 9.38. The Balaban J connectivity index is 1.12. The molecule has 41 heavy (non-hydrogen) atoms. The minimum Gasteiger partial charge on any atom is -0.463 e. The Hall–Kier alpha value is -3.70. The first-order valence-corrected chi connectivity index (χ1v) is 14.7. The lowest BCUT2D eigenvalue weighted by molar-refractivity contribution is -0.273. The third-order valence-electron chi connectivity index (χ3n) is 9.38. The molecule has 3 fully saturated rings. The Labute approximate surface area is 240 Å². The summed E-state index contributed by atoms with van der Waals surface area (Å²) < 4.78 is 11.8. The minimum atomic E-state index is -0.0198.